The third-order valence-electron chi connectivity index (χ3n) is 5.68. The molecule has 150 valence electrons. The van der Waals surface area contributed by atoms with Crippen molar-refractivity contribution in [1.29, 1.82) is 0 Å². The molecule has 0 bridgehead atoms. The first-order valence-corrected chi connectivity index (χ1v) is 10.4. The number of fused-ring (bicyclic) bond motifs is 1. The fourth-order valence-electron chi connectivity index (χ4n) is 4.07. The summed E-state index contributed by atoms with van der Waals surface area (Å²) in [6.45, 7) is 4.94. The molecule has 0 spiro atoms. The van der Waals surface area contributed by atoms with Gasteiger partial charge >= 0.3 is 5.69 Å². The predicted molar refractivity (Wildman–Crippen MR) is 107 cm³/mol. The van der Waals surface area contributed by atoms with Crippen LogP contribution in [0.2, 0.25) is 0 Å². The van der Waals surface area contributed by atoms with E-state index in [0.717, 1.165) is 38.1 Å². The Labute approximate surface area is 165 Å². The maximum atomic E-state index is 13.1. The molecule has 1 N–H and O–H groups in total. The minimum absolute atomic E-state index is 0. The highest BCUT2D eigenvalue weighted by atomic mass is 35.5. The molecule has 2 aromatic rings. The van der Waals surface area contributed by atoms with E-state index in [2.05, 4.69) is 10.2 Å². The Balaban J connectivity index is 0.00000210. The van der Waals surface area contributed by atoms with Crippen molar-refractivity contribution in [1.82, 2.24) is 23.7 Å². The van der Waals surface area contributed by atoms with Crippen molar-refractivity contribution in [3.63, 3.8) is 0 Å². The molecule has 2 saturated heterocycles. The minimum atomic E-state index is -3.56. The Morgan fingerprint density at radius 3 is 2.41 bits per heavy atom. The van der Waals surface area contributed by atoms with E-state index in [9.17, 15) is 13.2 Å². The van der Waals surface area contributed by atoms with E-state index in [4.69, 9.17) is 0 Å². The molecule has 8 nitrogen and oxygen atoms in total. The summed E-state index contributed by atoms with van der Waals surface area (Å²) < 4.78 is 30.8. The van der Waals surface area contributed by atoms with Crippen LogP contribution in [0.3, 0.4) is 0 Å². The van der Waals surface area contributed by atoms with Gasteiger partial charge in [0, 0.05) is 59.4 Å². The molecule has 0 radical (unpaired) electrons. The molecule has 1 unspecified atom stereocenters. The third-order valence-corrected chi connectivity index (χ3v) is 7.54. The topological polar surface area (TPSA) is 79.6 Å². The summed E-state index contributed by atoms with van der Waals surface area (Å²) in [5, 5.41) is 3.33. The monoisotopic (exact) mass is 415 g/mol. The molecular formula is C17H26ClN5O3S. The van der Waals surface area contributed by atoms with Gasteiger partial charge in [0.05, 0.1) is 15.9 Å². The first kappa shape index (κ1) is 20.3. The van der Waals surface area contributed by atoms with Crippen LogP contribution in [0, 0.1) is 0 Å². The van der Waals surface area contributed by atoms with E-state index in [1.54, 1.807) is 36.6 Å². The van der Waals surface area contributed by atoms with Crippen LogP contribution in [0.15, 0.2) is 27.9 Å². The maximum absolute atomic E-state index is 13.1. The van der Waals surface area contributed by atoms with Crippen LogP contribution < -0.4 is 11.0 Å². The summed E-state index contributed by atoms with van der Waals surface area (Å²) in [5.74, 6) is 0. The lowest BCUT2D eigenvalue weighted by atomic mass is 10.2. The van der Waals surface area contributed by atoms with Crippen molar-refractivity contribution in [2.24, 2.45) is 14.1 Å². The molecule has 4 rings (SSSR count). The third kappa shape index (κ3) is 3.42. The number of benzene rings is 1. The van der Waals surface area contributed by atoms with E-state index in [0.29, 0.717) is 18.6 Å². The van der Waals surface area contributed by atoms with Gasteiger partial charge in [0.25, 0.3) is 0 Å². The highest BCUT2D eigenvalue weighted by Gasteiger charge is 2.35. The number of imidazole rings is 1. The highest BCUT2D eigenvalue weighted by molar-refractivity contribution is 7.89. The zero-order valence-electron chi connectivity index (χ0n) is 15.6. The van der Waals surface area contributed by atoms with E-state index < -0.39 is 10.0 Å². The van der Waals surface area contributed by atoms with Gasteiger partial charge in [-0.2, -0.15) is 4.31 Å². The van der Waals surface area contributed by atoms with Gasteiger partial charge in [0.2, 0.25) is 10.0 Å². The van der Waals surface area contributed by atoms with Crippen LogP contribution in [0.25, 0.3) is 11.0 Å². The number of hydrogen-bond acceptors (Lipinski definition) is 5. The van der Waals surface area contributed by atoms with Gasteiger partial charge in [-0.3, -0.25) is 14.0 Å². The summed E-state index contributed by atoms with van der Waals surface area (Å²) in [6, 6.07) is 5.23. The summed E-state index contributed by atoms with van der Waals surface area (Å²) >= 11 is 0. The average Bonchev–Trinajstić information content (AvgIpc) is 3.24. The van der Waals surface area contributed by atoms with Gasteiger partial charge in [-0.1, -0.05) is 0 Å². The number of nitrogens with one attached hydrogen (secondary N) is 1. The second-order valence-electron chi connectivity index (χ2n) is 7.14. The number of aryl methyl sites for hydroxylation is 2. The van der Waals surface area contributed by atoms with E-state index in [1.807, 2.05) is 0 Å². The largest absolute Gasteiger partial charge is 0.328 e. The summed E-state index contributed by atoms with van der Waals surface area (Å²) in [7, 11) is -0.200. The molecule has 1 aromatic carbocycles. The van der Waals surface area contributed by atoms with Gasteiger partial charge in [0.1, 0.15) is 0 Å². The fourth-order valence-corrected chi connectivity index (χ4v) is 5.58. The van der Waals surface area contributed by atoms with Crippen molar-refractivity contribution in [3.8, 4) is 0 Å². The summed E-state index contributed by atoms with van der Waals surface area (Å²) in [4.78, 5) is 14.7. The van der Waals surface area contributed by atoms with E-state index in [1.165, 1.54) is 9.13 Å². The number of aromatic nitrogens is 2. The molecule has 2 aliphatic heterocycles. The highest BCUT2D eigenvalue weighted by Crippen LogP contribution is 2.26. The molecule has 0 aliphatic carbocycles. The first-order valence-electron chi connectivity index (χ1n) is 9.00. The standard InChI is InChI=1S/C17H25N5O3S.ClH/c1-19-15-4-3-14(11-16(15)20(2)17(19)23)26(24,25)22-8-5-13(12-22)21-9-6-18-7-10-21;/h3-4,11,13,18H,5-10,12H2,1-2H3;1H. The van der Waals surface area contributed by atoms with Crippen LogP contribution in [0.5, 0.6) is 0 Å². The van der Waals surface area contributed by atoms with Crippen LogP contribution in [-0.2, 0) is 24.1 Å². The number of hydrogen-bond donors (Lipinski definition) is 1. The van der Waals surface area contributed by atoms with Gasteiger partial charge in [-0.15, -0.1) is 12.4 Å². The predicted octanol–water partition coefficient (Wildman–Crippen LogP) is -0.0330. The Kier molecular flexibility index (Phi) is 5.69. The molecule has 2 fully saturated rings. The van der Waals surface area contributed by atoms with E-state index >= 15 is 0 Å². The van der Waals surface area contributed by atoms with Gasteiger partial charge in [-0.25, -0.2) is 13.2 Å². The number of halogens is 1. The molecule has 1 atom stereocenters. The van der Waals surface area contributed by atoms with Crippen LogP contribution in [0.4, 0.5) is 0 Å². The maximum Gasteiger partial charge on any atom is 0.328 e. The molecule has 2 aliphatic rings. The van der Waals surface area contributed by atoms with Crippen molar-refractivity contribution in [3.05, 3.63) is 28.7 Å². The second kappa shape index (κ2) is 7.56. The van der Waals surface area contributed by atoms with Crippen LogP contribution in [-0.4, -0.2) is 72.1 Å². The zero-order chi connectivity index (χ0) is 18.5. The van der Waals surface area contributed by atoms with Gasteiger partial charge in [-0.05, 0) is 24.6 Å². The molecule has 3 heterocycles. The quantitative estimate of drug-likeness (QED) is 0.761. The number of nitrogens with zero attached hydrogens (tertiary/aromatic N) is 4. The Morgan fingerprint density at radius 2 is 1.70 bits per heavy atom. The Hall–Kier alpha value is -1.39. The lowest BCUT2D eigenvalue weighted by Gasteiger charge is -2.32. The lowest BCUT2D eigenvalue weighted by Crippen LogP contribution is -2.49. The fraction of sp³-hybridized carbons (Fsp3) is 0.588. The summed E-state index contributed by atoms with van der Waals surface area (Å²) in [5.41, 5.74) is 1.21. The Bertz CT molecular complexity index is 994. The Morgan fingerprint density at radius 1 is 1.04 bits per heavy atom. The normalized spacial score (nSPS) is 22.2. The van der Waals surface area contributed by atoms with E-state index in [-0.39, 0.29) is 29.0 Å². The summed E-state index contributed by atoms with van der Waals surface area (Å²) in [6.07, 6.45) is 0.866. The smallest absolute Gasteiger partial charge is 0.314 e. The molecule has 10 heteroatoms. The molecule has 1 aromatic heterocycles. The number of piperazine rings is 1. The zero-order valence-corrected chi connectivity index (χ0v) is 17.2. The molecule has 27 heavy (non-hydrogen) atoms. The number of rotatable bonds is 3. The van der Waals surface area contributed by atoms with Gasteiger partial charge in [0.15, 0.2) is 0 Å². The minimum Gasteiger partial charge on any atom is -0.314 e. The molecular weight excluding hydrogens is 390 g/mol. The number of sulfonamides is 1. The van der Waals surface area contributed by atoms with Crippen molar-refractivity contribution < 1.29 is 8.42 Å². The lowest BCUT2D eigenvalue weighted by molar-refractivity contribution is 0.179. The van der Waals surface area contributed by atoms with Crippen LogP contribution in [0.1, 0.15) is 6.42 Å². The second-order valence-corrected chi connectivity index (χ2v) is 9.08. The molecule has 0 amide bonds. The first-order chi connectivity index (χ1) is 12.4. The van der Waals surface area contributed by atoms with Crippen molar-refractivity contribution >= 4 is 33.5 Å². The average molecular weight is 416 g/mol. The van der Waals surface area contributed by atoms with Gasteiger partial charge < -0.3 is 5.32 Å². The van der Waals surface area contributed by atoms with Crippen LogP contribution >= 0.6 is 12.4 Å². The molecule has 0 saturated carbocycles. The SMILES string of the molecule is Cl.Cn1c(=O)n(C)c2cc(S(=O)(=O)N3CCC(N4CCNCC4)C3)ccc21. The van der Waals surface area contributed by atoms with Crippen molar-refractivity contribution in [2.75, 3.05) is 39.3 Å². The van der Waals surface area contributed by atoms with Crippen molar-refractivity contribution in [2.45, 2.75) is 17.4 Å².